The van der Waals surface area contributed by atoms with Crippen molar-refractivity contribution in [1.82, 2.24) is 10.6 Å². The molecule has 26 heavy (non-hydrogen) atoms. The first-order valence-electron chi connectivity index (χ1n) is 9.46. The second-order valence-electron chi connectivity index (χ2n) is 7.01. The molecular formula is C20H32FN3O2. The molecule has 0 saturated heterocycles. The fraction of sp³-hybridized carbons (Fsp3) is 0.650. The summed E-state index contributed by atoms with van der Waals surface area (Å²) in [6, 6.07) is 6.25. The topological polar surface area (TPSA) is 54.9 Å². The molecule has 5 nitrogen and oxygen atoms in total. The van der Waals surface area contributed by atoms with E-state index in [9.17, 15) is 4.39 Å². The van der Waals surface area contributed by atoms with Gasteiger partial charge in [-0.25, -0.2) is 4.39 Å². The molecule has 1 aromatic rings. The quantitative estimate of drug-likeness (QED) is 0.493. The number of nitrogens with zero attached hydrogens (tertiary/aromatic N) is 1. The van der Waals surface area contributed by atoms with E-state index in [2.05, 4.69) is 22.5 Å². The smallest absolute Gasteiger partial charge is 0.191 e. The molecule has 0 aromatic heterocycles. The van der Waals surface area contributed by atoms with Gasteiger partial charge in [0.15, 0.2) is 5.96 Å². The molecule has 0 spiro atoms. The fourth-order valence-electron chi connectivity index (χ4n) is 3.21. The Hall–Kier alpha value is -1.82. The van der Waals surface area contributed by atoms with Crippen LogP contribution < -0.4 is 15.4 Å². The second-order valence-corrected chi connectivity index (χ2v) is 7.01. The molecule has 0 heterocycles. The summed E-state index contributed by atoms with van der Waals surface area (Å²) in [7, 11) is 3.52. The van der Waals surface area contributed by atoms with Crippen LogP contribution in [-0.2, 0) is 4.74 Å². The highest BCUT2D eigenvalue weighted by Gasteiger charge is 2.36. The predicted octanol–water partition coefficient (Wildman–Crippen LogP) is 3.35. The van der Waals surface area contributed by atoms with Gasteiger partial charge in [-0.15, -0.1) is 0 Å². The normalized spacial score (nSPS) is 17.3. The Balaban J connectivity index is 1.79. The van der Waals surface area contributed by atoms with Crippen LogP contribution in [-0.4, -0.2) is 45.9 Å². The van der Waals surface area contributed by atoms with Crippen LogP contribution in [0, 0.1) is 11.2 Å². The summed E-state index contributed by atoms with van der Waals surface area (Å²) in [5, 5.41) is 6.76. The van der Waals surface area contributed by atoms with E-state index in [1.165, 1.54) is 31.4 Å². The van der Waals surface area contributed by atoms with Gasteiger partial charge in [0.25, 0.3) is 0 Å². The van der Waals surface area contributed by atoms with Crippen LogP contribution in [0.3, 0.4) is 0 Å². The number of hydrogen-bond acceptors (Lipinski definition) is 3. The number of hydrogen-bond donors (Lipinski definition) is 2. The molecule has 6 heteroatoms. The van der Waals surface area contributed by atoms with Crippen LogP contribution in [0.25, 0.3) is 0 Å². The van der Waals surface area contributed by atoms with Gasteiger partial charge in [-0.1, -0.05) is 19.4 Å². The van der Waals surface area contributed by atoms with Gasteiger partial charge < -0.3 is 20.1 Å². The summed E-state index contributed by atoms with van der Waals surface area (Å²) in [6.45, 7) is 4.36. The Labute approximate surface area is 156 Å². The average molecular weight is 365 g/mol. The van der Waals surface area contributed by atoms with Gasteiger partial charge in [-0.3, -0.25) is 4.99 Å². The third-order valence-electron chi connectivity index (χ3n) is 5.16. The van der Waals surface area contributed by atoms with Crippen molar-refractivity contribution >= 4 is 5.96 Å². The van der Waals surface area contributed by atoms with E-state index in [0.717, 1.165) is 32.0 Å². The standard InChI is InChI=1S/C20H32FN3O2/c1-4-17(26-18-8-5-7-16(21)13-18)14-23-19(22-2)24-15-20(9-6-10-20)11-12-25-3/h5,7-8,13,17H,4,6,9-12,14-15H2,1-3H3,(H2,22,23,24). The SMILES string of the molecule is CCC(CNC(=NC)NCC1(CCOC)CCC1)Oc1cccc(F)c1. The first kappa shape index (κ1) is 20.5. The molecule has 146 valence electrons. The first-order chi connectivity index (χ1) is 12.6. The summed E-state index contributed by atoms with van der Waals surface area (Å²) in [5.74, 6) is 1.04. The van der Waals surface area contributed by atoms with Crippen LogP contribution in [0.4, 0.5) is 4.39 Å². The predicted molar refractivity (Wildman–Crippen MR) is 103 cm³/mol. The lowest BCUT2D eigenvalue weighted by molar-refractivity contribution is 0.0732. The van der Waals surface area contributed by atoms with Crippen LogP contribution >= 0.6 is 0 Å². The van der Waals surface area contributed by atoms with Crippen molar-refractivity contribution < 1.29 is 13.9 Å². The Morgan fingerprint density at radius 2 is 2.15 bits per heavy atom. The highest BCUT2D eigenvalue weighted by Crippen LogP contribution is 2.43. The Morgan fingerprint density at radius 1 is 1.35 bits per heavy atom. The molecule has 2 N–H and O–H groups in total. The largest absolute Gasteiger partial charge is 0.489 e. The maximum atomic E-state index is 13.3. The van der Waals surface area contributed by atoms with Crippen molar-refractivity contribution in [2.75, 3.05) is 33.9 Å². The summed E-state index contributed by atoms with van der Waals surface area (Å²) >= 11 is 0. The molecule has 0 aliphatic heterocycles. The molecule has 0 bridgehead atoms. The van der Waals surface area contributed by atoms with Crippen molar-refractivity contribution in [2.45, 2.75) is 45.1 Å². The first-order valence-corrected chi connectivity index (χ1v) is 9.46. The molecule has 1 saturated carbocycles. The Bertz CT molecular complexity index is 576. The van der Waals surface area contributed by atoms with Gasteiger partial charge >= 0.3 is 0 Å². The molecule has 1 fully saturated rings. The number of benzene rings is 1. The van der Waals surface area contributed by atoms with E-state index in [4.69, 9.17) is 9.47 Å². The second kappa shape index (κ2) is 10.4. The van der Waals surface area contributed by atoms with Crippen LogP contribution in [0.2, 0.25) is 0 Å². The van der Waals surface area contributed by atoms with Gasteiger partial charge in [0, 0.05) is 33.4 Å². The summed E-state index contributed by atoms with van der Waals surface area (Å²) in [5.41, 5.74) is 0.329. The molecule has 1 aliphatic rings. The summed E-state index contributed by atoms with van der Waals surface area (Å²) in [6.07, 6.45) is 5.60. The van der Waals surface area contributed by atoms with Crippen molar-refractivity contribution in [3.05, 3.63) is 30.1 Å². The van der Waals surface area contributed by atoms with Crippen molar-refractivity contribution in [2.24, 2.45) is 10.4 Å². The number of methoxy groups -OCH3 is 1. The van der Waals surface area contributed by atoms with Gasteiger partial charge in [-0.05, 0) is 43.2 Å². The van der Waals surface area contributed by atoms with Gasteiger partial charge in [-0.2, -0.15) is 0 Å². The van der Waals surface area contributed by atoms with Crippen LogP contribution in [0.15, 0.2) is 29.3 Å². The van der Waals surface area contributed by atoms with Crippen molar-refractivity contribution in [3.8, 4) is 5.75 Å². The highest BCUT2D eigenvalue weighted by atomic mass is 19.1. The van der Waals surface area contributed by atoms with Gasteiger partial charge in [0.2, 0.25) is 0 Å². The molecule has 1 atom stereocenters. The van der Waals surface area contributed by atoms with E-state index >= 15 is 0 Å². The highest BCUT2D eigenvalue weighted by molar-refractivity contribution is 5.79. The number of nitrogens with one attached hydrogen (secondary N) is 2. The fourth-order valence-corrected chi connectivity index (χ4v) is 3.21. The number of halogens is 1. The van der Waals surface area contributed by atoms with E-state index < -0.39 is 0 Å². The van der Waals surface area contributed by atoms with E-state index in [-0.39, 0.29) is 11.9 Å². The molecule has 1 unspecified atom stereocenters. The third-order valence-corrected chi connectivity index (χ3v) is 5.16. The van der Waals surface area contributed by atoms with E-state index in [1.807, 2.05) is 0 Å². The summed E-state index contributed by atoms with van der Waals surface area (Å²) < 4.78 is 24.4. The average Bonchev–Trinajstić information content (AvgIpc) is 2.61. The van der Waals surface area contributed by atoms with Gasteiger partial charge in [0.05, 0.1) is 6.54 Å². The monoisotopic (exact) mass is 365 g/mol. The number of rotatable bonds is 10. The molecular weight excluding hydrogens is 333 g/mol. The molecule has 0 amide bonds. The van der Waals surface area contributed by atoms with Crippen molar-refractivity contribution in [1.29, 1.82) is 0 Å². The van der Waals surface area contributed by atoms with Crippen LogP contribution in [0.5, 0.6) is 5.75 Å². The third kappa shape index (κ3) is 6.16. The number of ether oxygens (including phenoxy) is 2. The minimum atomic E-state index is -0.287. The zero-order valence-electron chi connectivity index (χ0n) is 16.2. The molecule has 1 aromatic carbocycles. The maximum Gasteiger partial charge on any atom is 0.191 e. The van der Waals surface area contributed by atoms with Crippen molar-refractivity contribution in [3.63, 3.8) is 0 Å². The van der Waals surface area contributed by atoms with E-state index in [1.54, 1.807) is 26.3 Å². The Morgan fingerprint density at radius 3 is 2.73 bits per heavy atom. The lowest BCUT2D eigenvalue weighted by Crippen LogP contribution is -2.48. The lowest BCUT2D eigenvalue weighted by atomic mass is 9.67. The summed E-state index contributed by atoms with van der Waals surface area (Å²) in [4.78, 5) is 4.30. The lowest BCUT2D eigenvalue weighted by Gasteiger charge is -2.42. The minimum absolute atomic E-state index is 0.0542. The molecule has 1 aliphatic carbocycles. The number of guanidine groups is 1. The molecule has 0 radical (unpaired) electrons. The zero-order chi connectivity index (χ0) is 18.8. The van der Waals surface area contributed by atoms with E-state index in [0.29, 0.717) is 17.7 Å². The Kier molecular flexibility index (Phi) is 8.16. The minimum Gasteiger partial charge on any atom is -0.489 e. The number of aliphatic imine (C=N–C) groups is 1. The maximum absolute atomic E-state index is 13.3. The molecule has 2 rings (SSSR count). The van der Waals surface area contributed by atoms with Gasteiger partial charge in [0.1, 0.15) is 17.7 Å². The van der Waals surface area contributed by atoms with Crippen LogP contribution in [0.1, 0.15) is 39.0 Å². The zero-order valence-corrected chi connectivity index (χ0v) is 16.2.